The highest BCUT2D eigenvalue weighted by atomic mass is 79.9. The number of rotatable bonds is 8. The molecule has 1 fully saturated rings. The smallest absolute Gasteiger partial charge is 0.254 e. The molecule has 1 aliphatic heterocycles. The number of benzene rings is 3. The highest BCUT2D eigenvalue weighted by molar-refractivity contribution is 9.10. The van der Waals surface area contributed by atoms with Crippen LogP contribution < -0.4 is 0 Å². The van der Waals surface area contributed by atoms with Crippen molar-refractivity contribution in [1.29, 1.82) is 0 Å². The third kappa shape index (κ3) is 6.31. The van der Waals surface area contributed by atoms with E-state index < -0.39 is 0 Å². The molecule has 43 heavy (non-hydrogen) atoms. The molecule has 0 bridgehead atoms. The normalized spacial score (nSPS) is 15.4. The van der Waals surface area contributed by atoms with Crippen LogP contribution in [0.5, 0.6) is 0 Å². The van der Waals surface area contributed by atoms with Gasteiger partial charge in [0, 0.05) is 59.8 Å². The topological polar surface area (TPSA) is 84.2 Å². The lowest BCUT2D eigenvalue weighted by Gasteiger charge is -2.40. The van der Waals surface area contributed by atoms with Crippen molar-refractivity contribution in [3.8, 4) is 0 Å². The summed E-state index contributed by atoms with van der Waals surface area (Å²) in [6.45, 7) is 6.30. The Morgan fingerprint density at radius 1 is 0.977 bits per heavy atom. The average Bonchev–Trinajstić information content (AvgIpc) is 3.32. The summed E-state index contributed by atoms with van der Waals surface area (Å²) in [5.41, 5.74) is 5.55. The van der Waals surface area contributed by atoms with Crippen LogP contribution in [0.3, 0.4) is 0 Å². The summed E-state index contributed by atoms with van der Waals surface area (Å²) in [5, 5.41) is 10.6. The van der Waals surface area contributed by atoms with Gasteiger partial charge in [0.2, 0.25) is 11.1 Å². The molecule has 3 aromatic carbocycles. The molecule has 10 heteroatoms. The van der Waals surface area contributed by atoms with Gasteiger partial charge >= 0.3 is 0 Å². The molecule has 1 saturated heterocycles. The minimum atomic E-state index is -0.0328. The molecule has 6 rings (SSSR count). The molecule has 0 aliphatic carbocycles. The van der Waals surface area contributed by atoms with Crippen molar-refractivity contribution in [3.63, 3.8) is 0 Å². The Balaban J connectivity index is 1.06. The van der Waals surface area contributed by atoms with Gasteiger partial charge in [-0.3, -0.25) is 9.59 Å². The van der Waals surface area contributed by atoms with Crippen LogP contribution in [0.25, 0.3) is 22.1 Å². The fourth-order valence-electron chi connectivity index (χ4n) is 5.68. The number of carbonyl (C=O) groups excluding carboxylic acids is 2. The molecule has 3 heterocycles. The lowest BCUT2D eigenvalue weighted by molar-refractivity contribution is -0.133. The number of aromatic nitrogens is 4. The van der Waals surface area contributed by atoms with Crippen LogP contribution in [0, 0.1) is 6.92 Å². The molecule has 0 radical (unpaired) electrons. The quantitative estimate of drug-likeness (QED) is 0.143. The van der Waals surface area contributed by atoms with Gasteiger partial charge in [-0.2, -0.15) is 0 Å². The predicted octanol–water partition coefficient (Wildman–Crippen LogP) is 6.34. The highest BCUT2D eigenvalue weighted by Crippen LogP contribution is 2.28. The number of piperazine rings is 1. The molecule has 2 amide bonds. The van der Waals surface area contributed by atoms with Gasteiger partial charge in [-0.05, 0) is 55.7 Å². The number of nitrogens with zero attached hydrogens (tertiary/aromatic N) is 6. The highest BCUT2D eigenvalue weighted by Gasteiger charge is 2.30. The summed E-state index contributed by atoms with van der Waals surface area (Å²) in [6, 6.07) is 24.1. The number of para-hydroxylation sites is 1. The largest absolute Gasteiger partial charge is 0.339 e. The van der Waals surface area contributed by atoms with E-state index in [1.165, 1.54) is 17.3 Å². The van der Waals surface area contributed by atoms with E-state index in [2.05, 4.69) is 55.0 Å². The van der Waals surface area contributed by atoms with Gasteiger partial charge < -0.3 is 14.4 Å². The van der Waals surface area contributed by atoms with Gasteiger partial charge in [0.25, 0.3) is 5.91 Å². The Morgan fingerprint density at radius 3 is 2.53 bits per heavy atom. The Morgan fingerprint density at radius 2 is 1.74 bits per heavy atom. The van der Waals surface area contributed by atoms with Crippen molar-refractivity contribution >= 4 is 61.6 Å². The van der Waals surface area contributed by atoms with Gasteiger partial charge in [-0.15, -0.1) is 10.2 Å². The molecule has 0 saturated carbocycles. The van der Waals surface area contributed by atoms with Crippen LogP contribution in [-0.4, -0.2) is 72.8 Å². The zero-order chi connectivity index (χ0) is 29.9. The molecule has 0 N–H and O–H groups in total. The number of carbonyl (C=O) groups is 2. The van der Waals surface area contributed by atoms with Crippen molar-refractivity contribution in [2.24, 2.45) is 0 Å². The summed E-state index contributed by atoms with van der Waals surface area (Å²) in [6.07, 6.45) is 1.16. The Hall–Kier alpha value is -3.76. The number of thioether (sulfide) groups is 1. The standard InChI is InChI=1S/C33H33BrN6O2S/c1-22-8-3-4-9-26(22)32(42)39-18-17-38(20-23(39)2)29(41)12-7-19-43-33-35-31-30(36-37-33)27-10-5-6-11-28(27)40(31)21-24-13-15-25(34)16-14-24/h3-6,8-11,13-16,23H,7,12,17-21H2,1-2H3. The SMILES string of the molecule is Cc1ccccc1C(=O)N1CCN(C(=O)CCCSc2nnc3c4ccccc4n(Cc4ccc(Br)cc4)c3n2)CC1C. The van der Waals surface area contributed by atoms with E-state index in [0.29, 0.717) is 49.9 Å². The number of aryl methyl sites for hydroxylation is 1. The van der Waals surface area contributed by atoms with Crippen molar-refractivity contribution in [2.45, 2.75) is 44.4 Å². The van der Waals surface area contributed by atoms with Crippen molar-refractivity contribution in [3.05, 3.63) is 94.0 Å². The summed E-state index contributed by atoms with van der Waals surface area (Å²) in [5.74, 6) is 0.878. The fourth-order valence-corrected chi connectivity index (χ4v) is 6.67. The number of amides is 2. The van der Waals surface area contributed by atoms with Gasteiger partial charge in [-0.1, -0.05) is 76.2 Å². The molecule has 5 aromatic rings. The van der Waals surface area contributed by atoms with Crippen molar-refractivity contribution in [1.82, 2.24) is 29.5 Å². The number of halogens is 1. The Kier molecular flexibility index (Phi) is 8.76. The average molecular weight is 658 g/mol. The Bertz CT molecular complexity index is 1790. The molecule has 1 aliphatic rings. The van der Waals surface area contributed by atoms with E-state index in [9.17, 15) is 9.59 Å². The molecule has 8 nitrogen and oxygen atoms in total. The van der Waals surface area contributed by atoms with Crippen molar-refractivity contribution in [2.75, 3.05) is 25.4 Å². The first-order valence-electron chi connectivity index (χ1n) is 14.5. The van der Waals surface area contributed by atoms with E-state index in [0.717, 1.165) is 37.7 Å². The fraction of sp³-hybridized carbons (Fsp3) is 0.303. The second-order valence-corrected chi connectivity index (χ2v) is 12.9. The van der Waals surface area contributed by atoms with Crippen LogP contribution in [0.1, 0.15) is 41.3 Å². The minimum Gasteiger partial charge on any atom is -0.339 e. The summed E-state index contributed by atoms with van der Waals surface area (Å²) in [4.78, 5) is 34.8. The third-order valence-corrected chi connectivity index (χ3v) is 9.44. The maximum atomic E-state index is 13.1. The monoisotopic (exact) mass is 656 g/mol. The van der Waals surface area contributed by atoms with E-state index in [-0.39, 0.29) is 17.9 Å². The van der Waals surface area contributed by atoms with Gasteiger partial charge in [-0.25, -0.2) is 4.98 Å². The molecule has 0 spiro atoms. The molecular weight excluding hydrogens is 624 g/mol. The third-order valence-electron chi connectivity index (χ3n) is 7.99. The van der Waals surface area contributed by atoms with Crippen LogP contribution >= 0.6 is 27.7 Å². The van der Waals surface area contributed by atoms with E-state index in [1.54, 1.807) is 0 Å². The zero-order valence-corrected chi connectivity index (χ0v) is 26.6. The molecule has 220 valence electrons. The van der Waals surface area contributed by atoms with Crippen LogP contribution in [0.15, 0.2) is 82.4 Å². The van der Waals surface area contributed by atoms with Gasteiger partial charge in [0.15, 0.2) is 5.65 Å². The van der Waals surface area contributed by atoms with E-state index in [4.69, 9.17) is 4.98 Å². The lowest BCUT2D eigenvalue weighted by Crippen LogP contribution is -2.55. The van der Waals surface area contributed by atoms with Gasteiger partial charge in [0.1, 0.15) is 5.52 Å². The summed E-state index contributed by atoms with van der Waals surface area (Å²) in [7, 11) is 0. The number of fused-ring (bicyclic) bond motifs is 3. The summed E-state index contributed by atoms with van der Waals surface area (Å²) < 4.78 is 3.24. The minimum absolute atomic E-state index is 0.0328. The maximum Gasteiger partial charge on any atom is 0.254 e. The van der Waals surface area contributed by atoms with Gasteiger partial charge in [0.05, 0.1) is 5.52 Å². The predicted molar refractivity (Wildman–Crippen MR) is 174 cm³/mol. The molecular formula is C33H33BrN6O2S. The summed E-state index contributed by atoms with van der Waals surface area (Å²) >= 11 is 5.04. The number of hydrogen-bond acceptors (Lipinski definition) is 6. The number of hydrogen-bond donors (Lipinski definition) is 0. The maximum absolute atomic E-state index is 13.1. The molecule has 1 unspecified atom stereocenters. The molecule has 2 aromatic heterocycles. The van der Waals surface area contributed by atoms with Crippen LogP contribution in [0.2, 0.25) is 0 Å². The first-order valence-corrected chi connectivity index (χ1v) is 16.3. The first kappa shape index (κ1) is 29.3. The van der Waals surface area contributed by atoms with E-state index in [1.807, 2.05) is 72.2 Å². The first-order chi connectivity index (χ1) is 20.9. The second-order valence-electron chi connectivity index (χ2n) is 11.0. The van der Waals surface area contributed by atoms with Crippen molar-refractivity contribution < 1.29 is 9.59 Å². The second kappa shape index (κ2) is 12.9. The lowest BCUT2D eigenvalue weighted by atomic mass is 10.1. The molecule has 1 atom stereocenters. The zero-order valence-electron chi connectivity index (χ0n) is 24.2. The van der Waals surface area contributed by atoms with Crippen LogP contribution in [-0.2, 0) is 11.3 Å². The van der Waals surface area contributed by atoms with Crippen LogP contribution in [0.4, 0.5) is 0 Å². The Labute approximate surface area is 263 Å². The van der Waals surface area contributed by atoms with E-state index >= 15 is 0 Å².